The van der Waals surface area contributed by atoms with Gasteiger partial charge in [-0.25, -0.2) is 9.97 Å². The molecule has 1 aliphatic heterocycles. The number of nitrogens with zero attached hydrogens (tertiary/aromatic N) is 5. The molecule has 2 aromatic carbocycles. The molecule has 3 heterocycles. The molecule has 8 nitrogen and oxygen atoms in total. The number of nitrogens with two attached hydrogens (primary N) is 1. The average molecular weight is 627 g/mol. The fourth-order valence-electron chi connectivity index (χ4n) is 5.95. The van der Waals surface area contributed by atoms with Gasteiger partial charge in [-0.2, -0.15) is 26.5 Å². The van der Waals surface area contributed by atoms with Crippen LogP contribution in [0.25, 0.3) is 16.6 Å². The smallest absolute Gasteiger partial charge is 0.416 e. The van der Waals surface area contributed by atoms with Gasteiger partial charge in [-0.3, -0.25) is 0 Å². The number of phenolic OH excluding ortho intramolecular Hbond substituents is 1. The van der Waals surface area contributed by atoms with Gasteiger partial charge in [-0.05, 0) is 48.2 Å². The normalized spacial score (nSPS) is 17.8. The number of allylic oxidation sites excluding steroid dienone is 5. The molecule has 3 N–H and O–H groups in total. The molecule has 0 saturated carbocycles. The van der Waals surface area contributed by atoms with Gasteiger partial charge in [0.1, 0.15) is 5.52 Å². The van der Waals surface area contributed by atoms with Crippen molar-refractivity contribution in [2.45, 2.75) is 57.7 Å². The first-order valence-corrected chi connectivity index (χ1v) is 14.5. The van der Waals surface area contributed by atoms with Gasteiger partial charge in [0.05, 0.1) is 5.56 Å². The van der Waals surface area contributed by atoms with Crippen LogP contribution in [0.2, 0.25) is 0 Å². The predicted octanol–water partition coefficient (Wildman–Crippen LogP) is 7.16. The van der Waals surface area contributed by atoms with E-state index in [1.165, 1.54) is 22.2 Å². The molecule has 4 aromatic rings. The number of nitrogen functional groups attached to an aromatic ring is 1. The summed E-state index contributed by atoms with van der Waals surface area (Å²) in [6.07, 6.45) is 0.813. The van der Waals surface area contributed by atoms with E-state index in [0.717, 1.165) is 48.4 Å². The first-order chi connectivity index (χ1) is 21.3. The number of hydrogen-bond acceptors (Lipinski definition) is 7. The van der Waals surface area contributed by atoms with Crippen LogP contribution in [0.15, 0.2) is 71.5 Å². The minimum Gasteiger partial charge on any atom is -0.504 e. The van der Waals surface area contributed by atoms with Crippen LogP contribution in [0.3, 0.4) is 0 Å². The molecule has 1 aliphatic carbocycles. The number of alkyl halides is 5. The first kappa shape index (κ1) is 30.4. The molecule has 13 heteroatoms. The zero-order valence-corrected chi connectivity index (χ0v) is 24.6. The Balaban J connectivity index is 1.34. The summed E-state index contributed by atoms with van der Waals surface area (Å²) in [6, 6.07) is 8.13. The number of benzene rings is 2. The summed E-state index contributed by atoms with van der Waals surface area (Å²) in [5.74, 6) is -0.646. The van der Waals surface area contributed by atoms with Gasteiger partial charge in [-0.1, -0.05) is 42.9 Å². The molecule has 1 saturated heterocycles. The number of phenols is 1. The largest absolute Gasteiger partial charge is 0.504 e. The molecule has 0 amide bonds. The standard InChI is InChI=1S/C32H31F5N6O2/c1-3-18-5-4-6-20(24(15-18)42-14-13-21(17-42)19-7-9-22(10-8-19)32(35,36)37)16-26-39-29-23-11-12-25(44)28(45-31(2,33)34)27(23)40-30(38)43(29)41-26/h4-12,21,44H,3,13-17H2,1-2H3,(H2,38,40). The third-order valence-electron chi connectivity index (χ3n) is 8.20. The first-order valence-electron chi connectivity index (χ1n) is 14.5. The third-order valence-corrected chi connectivity index (χ3v) is 8.20. The van der Waals surface area contributed by atoms with Gasteiger partial charge in [0.2, 0.25) is 5.95 Å². The van der Waals surface area contributed by atoms with Gasteiger partial charge < -0.3 is 20.5 Å². The molecule has 1 unspecified atom stereocenters. The molecule has 1 atom stereocenters. The summed E-state index contributed by atoms with van der Waals surface area (Å²) < 4.78 is 72.8. The average Bonchev–Trinajstić information content (AvgIpc) is 3.59. The lowest BCUT2D eigenvalue weighted by molar-refractivity contribution is -0.159. The highest BCUT2D eigenvalue weighted by molar-refractivity contribution is 5.97. The second-order valence-electron chi connectivity index (χ2n) is 11.4. The molecule has 0 bridgehead atoms. The molecule has 0 spiro atoms. The topological polar surface area (TPSA) is 102 Å². The Labute approximate surface area is 255 Å². The van der Waals surface area contributed by atoms with E-state index in [1.807, 2.05) is 12.2 Å². The molecule has 6 rings (SSSR count). The fraction of sp³-hybridized carbons (Fsp3) is 0.344. The van der Waals surface area contributed by atoms with Crippen LogP contribution < -0.4 is 10.5 Å². The zero-order chi connectivity index (χ0) is 32.1. The van der Waals surface area contributed by atoms with Gasteiger partial charge >= 0.3 is 12.3 Å². The van der Waals surface area contributed by atoms with Crippen LogP contribution >= 0.6 is 0 Å². The Morgan fingerprint density at radius 3 is 2.51 bits per heavy atom. The van der Waals surface area contributed by atoms with E-state index in [0.29, 0.717) is 37.5 Å². The highest BCUT2D eigenvalue weighted by atomic mass is 19.4. The third kappa shape index (κ3) is 6.16. The highest BCUT2D eigenvalue weighted by Gasteiger charge is 2.32. The summed E-state index contributed by atoms with van der Waals surface area (Å²) >= 11 is 0. The lowest BCUT2D eigenvalue weighted by Gasteiger charge is -2.25. The Morgan fingerprint density at radius 1 is 1.07 bits per heavy atom. The van der Waals surface area contributed by atoms with Gasteiger partial charge in [0.25, 0.3) is 0 Å². The van der Waals surface area contributed by atoms with Crippen molar-refractivity contribution in [3.05, 3.63) is 88.4 Å². The van der Waals surface area contributed by atoms with Gasteiger partial charge in [-0.15, -0.1) is 5.10 Å². The lowest BCUT2D eigenvalue weighted by atomic mass is 9.97. The summed E-state index contributed by atoms with van der Waals surface area (Å²) in [6.45, 7) is 4.04. The summed E-state index contributed by atoms with van der Waals surface area (Å²) in [7, 11) is 0. The molecule has 1 fully saturated rings. The van der Waals surface area contributed by atoms with E-state index in [2.05, 4.69) is 28.0 Å². The van der Waals surface area contributed by atoms with Crippen LogP contribution in [-0.4, -0.2) is 48.8 Å². The number of rotatable bonds is 7. The van der Waals surface area contributed by atoms with Crippen LogP contribution in [0.4, 0.5) is 27.9 Å². The summed E-state index contributed by atoms with van der Waals surface area (Å²) in [4.78, 5) is 11.2. The van der Waals surface area contributed by atoms with E-state index < -0.39 is 29.3 Å². The van der Waals surface area contributed by atoms with Crippen molar-refractivity contribution < 1.29 is 31.8 Å². The molecule has 2 aromatic heterocycles. The SMILES string of the molecule is CCC1=CC=CC(Cc2nc3c4ccc(O)c(OC(C)(F)F)c4nc(N)n3n2)=C(N2CCC(c3ccc(C(F)(F)F)cc3)C2)C1. The lowest BCUT2D eigenvalue weighted by Crippen LogP contribution is -2.22. The van der Waals surface area contributed by atoms with Crippen molar-refractivity contribution in [1.29, 1.82) is 0 Å². The van der Waals surface area contributed by atoms with Crippen molar-refractivity contribution in [3.8, 4) is 11.5 Å². The maximum atomic E-state index is 13.7. The zero-order valence-electron chi connectivity index (χ0n) is 24.6. The van der Waals surface area contributed by atoms with Crippen molar-refractivity contribution in [2.75, 3.05) is 18.8 Å². The summed E-state index contributed by atoms with van der Waals surface area (Å²) in [5.41, 5.74) is 9.87. The molecule has 2 aliphatic rings. The monoisotopic (exact) mass is 626 g/mol. The molecule has 0 radical (unpaired) electrons. The second kappa shape index (κ2) is 11.4. The predicted molar refractivity (Wildman–Crippen MR) is 159 cm³/mol. The van der Waals surface area contributed by atoms with Crippen molar-refractivity contribution >= 4 is 22.5 Å². The molecule has 236 valence electrons. The molecular weight excluding hydrogens is 595 g/mol. The van der Waals surface area contributed by atoms with Crippen LogP contribution in [0.1, 0.15) is 56.0 Å². The van der Waals surface area contributed by atoms with E-state index in [4.69, 9.17) is 15.5 Å². The highest BCUT2D eigenvalue weighted by Crippen LogP contribution is 2.39. The van der Waals surface area contributed by atoms with E-state index >= 15 is 0 Å². The fourth-order valence-corrected chi connectivity index (χ4v) is 5.95. The maximum absolute atomic E-state index is 13.7. The van der Waals surface area contributed by atoms with Gasteiger partial charge in [0.15, 0.2) is 23.0 Å². The van der Waals surface area contributed by atoms with E-state index in [9.17, 15) is 27.1 Å². The number of aromatic nitrogens is 4. The van der Waals surface area contributed by atoms with Crippen LogP contribution in [0.5, 0.6) is 11.5 Å². The van der Waals surface area contributed by atoms with Crippen molar-refractivity contribution in [2.24, 2.45) is 0 Å². The Morgan fingerprint density at radius 2 is 1.82 bits per heavy atom. The van der Waals surface area contributed by atoms with E-state index in [1.54, 1.807) is 12.1 Å². The molecular formula is C32H31F5N6O2. The molecule has 45 heavy (non-hydrogen) atoms. The van der Waals surface area contributed by atoms with E-state index in [-0.39, 0.29) is 23.0 Å². The Kier molecular flexibility index (Phi) is 7.66. The minimum atomic E-state index is -4.38. The minimum absolute atomic E-state index is 0.0714. The van der Waals surface area contributed by atoms with Crippen molar-refractivity contribution in [3.63, 3.8) is 0 Å². The van der Waals surface area contributed by atoms with Crippen LogP contribution in [0, 0.1) is 0 Å². The van der Waals surface area contributed by atoms with Gasteiger partial charge in [0, 0.05) is 49.9 Å². The second-order valence-corrected chi connectivity index (χ2v) is 11.4. The number of hydrogen-bond donors (Lipinski definition) is 2. The Hall–Kier alpha value is -4.68. The van der Waals surface area contributed by atoms with Crippen LogP contribution in [-0.2, 0) is 12.6 Å². The maximum Gasteiger partial charge on any atom is 0.416 e. The summed E-state index contributed by atoms with van der Waals surface area (Å²) in [5, 5.41) is 15.1. The van der Waals surface area contributed by atoms with Crippen molar-refractivity contribution in [1.82, 2.24) is 24.5 Å². The number of likely N-dealkylation sites (tertiary alicyclic amines) is 1. The number of aromatic hydroxyl groups is 1. The quantitative estimate of drug-likeness (QED) is 0.210. The number of ether oxygens (including phenoxy) is 1. The number of fused-ring (bicyclic) bond motifs is 3. The number of anilines is 1. The number of halogens is 5. The Bertz CT molecular complexity index is 1850.